The van der Waals surface area contributed by atoms with Crippen molar-refractivity contribution in [1.29, 1.82) is 0 Å². The van der Waals surface area contributed by atoms with Crippen LogP contribution in [0.2, 0.25) is 0 Å². The van der Waals surface area contributed by atoms with Crippen molar-refractivity contribution in [2.24, 2.45) is 11.7 Å². The standard InChI is InChI=1S/C16H26N2O3S/c1-14(2)12-22(20,21)13-16(19)18(11-9-17)10-8-15-6-4-3-5-7-15/h3-7,14H,8-13,17H2,1-2H3. The predicted molar refractivity (Wildman–Crippen MR) is 89.3 cm³/mol. The van der Waals surface area contributed by atoms with Crippen molar-refractivity contribution in [3.63, 3.8) is 0 Å². The molecule has 5 nitrogen and oxygen atoms in total. The van der Waals surface area contributed by atoms with Crippen molar-refractivity contribution in [1.82, 2.24) is 4.90 Å². The molecule has 1 rings (SSSR count). The van der Waals surface area contributed by atoms with Crippen molar-refractivity contribution >= 4 is 15.7 Å². The molecule has 0 atom stereocenters. The fraction of sp³-hybridized carbons (Fsp3) is 0.562. The first kappa shape index (κ1) is 18.6. The highest BCUT2D eigenvalue weighted by atomic mass is 32.2. The lowest BCUT2D eigenvalue weighted by molar-refractivity contribution is -0.128. The minimum atomic E-state index is -3.36. The zero-order valence-corrected chi connectivity index (χ0v) is 14.2. The molecule has 1 aromatic rings. The van der Waals surface area contributed by atoms with E-state index in [0.717, 1.165) is 5.56 Å². The van der Waals surface area contributed by atoms with Gasteiger partial charge < -0.3 is 10.6 Å². The number of carbonyl (C=O) groups is 1. The Bertz CT molecular complexity index is 556. The van der Waals surface area contributed by atoms with Crippen LogP contribution in [0.1, 0.15) is 19.4 Å². The van der Waals surface area contributed by atoms with Crippen LogP contribution >= 0.6 is 0 Å². The molecule has 0 bridgehead atoms. The Morgan fingerprint density at radius 2 is 1.82 bits per heavy atom. The van der Waals surface area contributed by atoms with E-state index in [1.54, 1.807) is 4.90 Å². The van der Waals surface area contributed by atoms with E-state index in [1.165, 1.54) is 0 Å². The van der Waals surface area contributed by atoms with Gasteiger partial charge in [-0.05, 0) is 17.9 Å². The molecule has 0 saturated carbocycles. The molecule has 0 aromatic heterocycles. The Balaban J connectivity index is 2.63. The number of benzene rings is 1. The number of hydrogen-bond donors (Lipinski definition) is 1. The van der Waals surface area contributed by atoms with E-state index in [1.807, 2.05) is 44.2 Å². The number of nitrogens with two attached hydrogens (primary N) is 1. The Labute approximate surface area is 133 Å². The summed E-state index contributed by atoms with van der Waals surface area (Å²) in [5, 5.41) is 0. The second-order valence-corrected chi connectivity index (χ2v) is 7.96. The first-order chi connectivity index (χ1) is 10.3. The third-order valence-corrected chi connectivity index (χ3v) is 5.06. The minimum Gasteiger partial charge on any atom is -0.340 e. The van der Waals surface area contributed by atoms with Gasteiger partial charge in [0.2, 0.25) is 5.91 Å². The first-order valence-electron chi connectivity index (χ1n) is 7.56. The molecule has 0 radical (unpaired) electrons. The van der Waals surface area contributed by atoms with E-state index in [4.69, 9.17) is 5.73 Å². The van der Waals surface area contributed by atoms with Gasteiger partial charge in [-0.3, -0.25) is 4.79 Å². The molecule has 0 saturated heterocycles. The van der Waals surface area contributed by atoms with E-state index in [-0.39, 0.29) is 17.6 Å². The fourth-order valence-corrected chi connectivity index (χ4v) is 3.96. The summed E-state index contributed by atoms with van der Waals surface area (Å²) in [6.45, 7) is 4.84. The lowest BCUT2D eigenvalue weighted by Crippen LogP contribution is -2.40. The monoisotopic (exact) mass is 326 g/mol. The first-order valence-corrected chi connectivity index (χ1v) is 9.38. The average Bonchev–Trinajstić information content (AvgIpc) is 2.42. The maximum atomic E-state index is 12.2. The summed E-state index contributed by atoms with van der Waals surface area (Å²) in [5.74, 6) is -0.736. The summed E-state index contributed by atoms with van der Waals surface area (Å²) in [4.78, 5) is 13.8. The molecule has 1 aromatic carbocycles. The fourth-order valence-electron chi connectivity index (χ4n) is 2.27. The summed E-state index contributed by atoms with van der Waals surface area (Å²) in [5.41, 5.74) is 6.65. The Hall–Kier alpha value is -1.40. The minimum absolute atomic E-state index is 0.0186. The topological polar surface area (TPSA) is 80.5 Å². The van der Waals surface area contributed by atoms with Crippen molar-refractivity contribution in [2.45, 2.75) is 20.3 Å². The van der Waals surface area contributed by atoms with Gasteiger partial charge in [0, 0.05) is 19.6 Å². The Morgan fingerprint density at radius 3 is 2.36 bits per heavy atom. The summed E-state index contributed by atoms with van der Waals surface area (Å²) in [6, 6.07) is 9.79. The van der Waals surface area contributed by atoms with Crippen molar-refractivity contribution in [3.05, 3.63) is 35.9 Å². The van der Waals surface area contributed by atoms with E-state index in [0.29, 0.717) is 26.1 Å². The quantitative estimate of drug-likeness (QED) is 0.736. The average molecular weight is 326 g/mol. The lowest BCUT2D eigenvalue weighted by atomic mass is 10.1. The van der Waals surface area contributed by atoms with Gasteiger partial charge in [0.1, 0.15) is 5.75 Å². The molecule has 0 heterocycles. The summed E-state index contributed by atoms with van der Waals surface area (Å²) < 4.78 is 23.9. The Morgan fingerprint density at radius 1 is 1.18 bits per heavy atom. The van der Waals surface area contributed by atoms with Crippen molar-refractivity contribution in [2.75, 3.05) is 31.1 Å². The number of amides is 1. The van der Waals surface area contributed by atoms with Gasteiger partial charge in [-0.2, -0.15) is 0 Å². The third kappa shape index (κ3) is 7.04. The second-order valence-electron chi connectivity index (χ2n) is 5.85. The van der Waals surface area contributed by atoms with E-state index < -0.39 is 15.6 Å². The summed E-state index contributed by atoms with van der Waals surface area (Å²) >= 11 is 0. The van der Waals surface area contributed by atoms with Crippen LogP contribution in [0.3, 0.4) is 0 Å². The largest absolute Gasteiger partial charge is 0.340 e. The molecule has 0 unspecified atom stereocenters. The molecule has 2 N–H and O–H groups in total. The van der Waals surface area contributed by atoms with Crippen LogP contribution in [-0.4, -0.2) is 50.4 Å². The van der Waals surface area contributed by atoms with Gasteiger partial charge in [-0.1, -0.05) is 44.2 Å². The predicted octanol–water partition coefficient (Wildman–Crippen LogP) is 1.09. The molecule has 1 amide bonds. The SMILES string of the molecule is CC(C)CS(=O)(=O)CC(=O)N(CCN)CCc1ccccc1. The summed E-state index contributed by atoms with van der Waals surface area (Å²) in [6.07, 6.45) is 0.691. The number of carbonyl (C=O) groups excluding carboxylic acids is 1. The van der Waals surface area contributed by atoms with Crippen LogP contribution in [0.25, 0.3) is 0 Å². The van der Waals surface area contributed by atoms with Crippen LogP contribution in [-0.2, 0) is 21.1 Å². The Kier molecular flexibility index (Phi) is 7.55. The molecule has 22 heavy (non-hydrogen) atoms. The maximum absolute atomic E-state index is 12.2. The number of hydrogen-bond acceptors (Lipinski definition) is 4. The van der Waals surface area contributed by atoms with Crippen molar-refractivity contribution in [3.8, 4) is 0 Å². The number of sulfone groups is 1. The zero-order valence-electron chi connectivity index (χ0n) is 13.4. The van der Waals surface area contributed by atoms with Gasteiger partial charge in [0.05, 0.1) is 5.75 Å². The highest BCUT2D eigenvalue weighted by Gasteiger charge is 2.22. The molecular weight excluding hydrogens is 300 g/mol. The smallest absolute Gasteiger partial charge is 0.237 e. The zero-order chi connectivity index (χ0) is 16.6. The van der Waals surface area contributed by atoms with Gasteiger partial charge in [0.25, 0.3) is 0 Å². The highest BCUT2D eigenvalue weighted by Crippen LogP contribution is 2.05. The molecular formula is C16H26N2O3S. The van der Waals surface area contributed by atoms with Gasteiger partial charge >= 0.3 is 0 Å². The highest BCUT2D eigenvalue weighted by molar-refractivity contribution is 7.92. The van der Waals surface area contributed by atoms with Crippen LogP contribution in [0.15, 0.2) is 30.3 Å². The number of nitrogens with zero attached hydrogens (tertiary/aromatic N) is 1. The normalized spacial score (nSPS) is 11.6. The van der Waals surface area contributed by atoms with E-state index >= 15 is 0 Å². The van der Waals surface area contributed by atoms with Crippen molar-refractivity contribution < 1.29 is 13.2 Å². The molecule has 0 fully saturated rings. The van der Waals surface area contributed by atoms with E-state index in [9.17, 15) is 13.2 Å². The molecule has 0 aliphatic rings. The van der Waals surface area contributed by atoms with Crippen LogP contribution < -0.4 is 5.73 Å². The molecule has 124 valence electrons. The van der Waals surface area contributed by atoms with Crippen LogP contribution in [0.4, 0.5) is 0 Å². The van der Waals surface area contributed by atoms with Crippen LogP contribution in [0, 0.1) is 5.92 Å². The molecule has 0 aliphatic carbocycles. The molecule has 0 spiro atoms. The lowest BCUT2D eigenvalue weighted by Gasteiger charge is -2.22. The van der Waals surface area contributed by atoms with Gasteiger partial charge in [-0.15, -0.1) is 0 Å². The van der Waals surface area contributed by atoms with E-state index in [2.05, 4.69) is 0 Å². The molecule has 0 aliphatic heterocycles. The van der Waals surface area contributed by atoms with Crippen LogP contribution in [0.5, 0.6) is 0 Å². The molecule has 6 heteroatoms. The third-order valence-electron chi connectivity index (χ3n) is 3.20. The van der Waals surface area contributed by atoms with Gasteiger partial charge in [-0.25, -0.2) is 8.42 Å². The summed E-state index contributed by atoms with van der Waals surface area (Å²) in [7, 11) is -3.36. The van der Waals surface area contributed by atoms with Gasteiger partial charge in [0.15, 0.2) is 9.84 Å². The number of rotatable bonds is 9. The maximum Gasteiger partial charge on any atom is 0.237 e. The second kappa shape index (κ2) is 8.90.